The van der Waals surface area contributed by atoms with Gasteiger partial charge in [0.1, 0.15) is 17.3 Å². The van der Waals surface area contributed by atoms with Crippen molar-refractivity contribution < 1.29 is 9.13 Å². The van der Waals surface area contributed by atoms with Gasteiger partial charge in [0.2, 0.25) is 0 Å². The van der Waals surface area contributed by atoms with Gasteiger partial charge < -0.3 is 10.5 Å². The maximum absolute atomic E-state index is 13.8. The second-order valence-electron chi connectivity index (χ2n) is 4.24. The third-order valence-electron chi connectivity index (χ3n) is 2.66. The molecule has 0 aliphatic heterocycles. The fraction of sp³-hybridized carbons (Fsp3) is 0.143. The highest BCUT2D eigenvalue weighted by atomic mass is 35.5. The minimum Gasteiger partial charge on any atom is -0.455 e. The standard InChI is InChI=1S/C14H11Cl3FNO/c1-7(19)14-11(18)3-2-4-12(14)20-13-6-9(16)8(15)5-10(13)17/h2-7H,19H2,1H3. The van der Waals surface area contributed by atoms with E-state index in [4.69, 9.17) is 45.3 Å². The molecule has 0 heterocycles. The van der Waals surface area contributed by atoms with E-state index in [0.29, 0.717) is 15.8 Å². The normalized spacial score (nSPS) is 12.3. The maximum atomic E-state index is 13.8. The van der Waals surface area contributed by atoms with Gasteiger partial charge in [-0.05, 0) is 25.1 Å². The largest absolute Gasteiger partial charge is 0.455 e. The van der Waals surface area contributed by atoms with Crippen LogP contribution in [0.15, 0.2) is 30.3 Å². The highest BCUT2D eigenvalue weighted by Gasteiger charge is 2.16. The lowest BCUT2D eigenvalue weighted by atomic mass is 10.1. The zero-order chi connectivity index (χ0) is 14.9. The van der Waals surface area contributed by atoms with Crippen LogP contribution in [0.2, 0.25) is 15.1 Å². The molecule has 0 aromatic heterocycles. The lowest BCUT2D eigenvalue weighted by molar-refractivity contribution is 0.461. The van der Waals surface area contributed by atoms with Crippen LogP contribution in [0.25, 0.3) is 0 Å². The summed E-state index contributed by atoms with van der Waals surface area (Å²) in [5.41, 5.74) is 6.03. The number of ether oxygens (including phenoxy) is 1. The summed E-state index contributed by atoms with van der Waals surface area (Å²) < 4.78 is 19.4. The van der Waals surface area contributed by atoms with Gasteiger partial charge in [-0.3, -0.25) is 0 Å². The third-order valence-corrected chi connectivity index (χ3v) is 3.68. The van der Waals surface area contributed by atoms with Gasteiger partial charge in [-0.25, -0.2) is 4.39 Å². The first-order valence-electron chi connectivity index (χ1n) is 5.76. The zero-order valence-corrected chi connectivity index (χ0v) is 12.7. The number of rotatable bonds is 3. The molecule has 6 heteroatoms. The van der Waals surface area contributed by atoms with Crippen LogP contribution in [0.4, 0.5) is 4.39 Å². The molecule has 2 rings (SSSR count). The van der Waals surface area contributed by atoms with Crippen molar-refractivity contribution in [2.45, 2.75) is 13.0 Å². The van der Waals surface area contributed by atoms with Crippen LogP contribution in [-0.2, 0) is 0 Å². The predicted molar refractivity (Wildman–Crippen MR) is 80.5 cm³/mol. The van der Waals surface area contributed by atoms with E-state index >= 15 is 0 Å². The topological polar surface area (TPSA) is 35.2 Å². The summed E-state index contributed by atoms with van der Waals surface area (Å²) in [6, 6.07) is 6.88. The first-order chi connectivity index (χ1) is 9.40. The average Bonchev–Trinajstić information content (AvgIpc) is 2.35. The molecule has 0 aliphatic rings. The van der Waals surface area contributed by atoms with Gasteiger partial charge in [0.15, 0.2) is 0 Å². The summed E-state index contributed by atoms with van der Waals surface area (Å²) in [4.78, 5) is 0. The highest BCUT2D eigenvalue weighted by Crippen LogP contribution is 2.38. The Morgan fingerprint density at radius 1 is 1.05 bits per heavy atom. The van der Waals surface area contributed by atoms with Gasteiger partial charge in [0, 0.05) is 17.7 Å². The van der Waals surface area contributed by atoms with E-state index in [2.05, 4.69) is 0 Å². The van der Waals surface area contributed by atoms with Crippen molar-refractivity contribution in [3.05, 3.63) is 56.8 Å². The molecule has 0 fully saturated rings. The second-order valence-corrected chi connectivity index (χ2v) is 5.46. The monoisotopic (exact) mass is 333 g/mol. The van der Waals surface area contributed by atoms with Crippen LogP contribution in [0, 0.1) is 5.82 Å². The summed E-state index contributed by atoms with van der Waals surface area (Å²) in [5.74, 6) is 0.141. The molecule has 0 aliphatic carbocycles. The Morgan fingerprint density at radius 2 is 1.70 bits per heavy atom. The fourth-order valence-corrected chi connectivity index (χ4v) is 2.32. The van der Waals surface area contributed by atoms with Crippen LogP contribution in [0.5, 0.6) is 11.5 Å². The van der Waals surface area contributed by atoms with Crippen LogP contribution in [-0.4, -0.2) is 0 Å². The van der Waals surface area contributed by atoms with Gasteiger partial charge in [-0.1, -0.05) is 40.9 Å². The smallest absolute Gasteiger partial charge is 0.147 e. The van der Waals surface area contributed by atoms with Gasteiger partial charge in [-0.15, -0.1) is 0 Å². The van der Waals surface area contributed by atoms with Crippen molar-refractivity contribution in [3.8, 4) is 11.5 Å². The van der Waals surface area contributed by atoms with Gasteiger partial charge in [-0.2, -0.15) is 0 Å². The fourth-order valence-electron chi connectivity index (χ4n) is 1.75. The molecule has 1 unspecified atom stereocenters. The Balaban J connectivity index is 2.45. The minimum absolute atomic E-state index is 0.273. The quantitative estimate of drug-likeness (QED) is 0.742. The van der Waals surface area contributed by atoms with Crippen molar-refractivity contribution in [3.63, 3.8) is 0 Å². The van der Waals surface area contributed by atoms with E-state index in [0.717, 1.165) is 0 Å². The maximum Gasteiger partial charge on any atom is 0.147 e. The summed E-state index contributed by atoms with van der Waals surface area (Å²) >= 11 is 17.8. The van der Waals surface area contributed by atoms with Crippen LogP contribution >= 0.6 is 34.8 Å². The molecule has 2 aromatic carbocycles. The molecule has 2 aromatic rings. The number of benzene rings is 2. The Hall–Kier alpha value is -1.000. The summed E-state index contributed by atoms with van der Waals surface area (Å²) in [6.07, 6.45) is 0. The molecule has 106 valence electrons. The lowest BCUT2D eigenvalue weighted by Crippen LogP contribution is -2.09. The van der Waals surface area contributed by atoms with Crippen LogP contribution < -0.4 is 10.5 Å². The van der Waals surface area contributed by atoms with Gasteiger partial charge in [0.05, 0.1) is 15.1 Å². The highest BCUT2D eigenvalue weighted by molar-refractivity contribution is 6.43. The van der Waals surface area contributed by atoms with E-state index in [1.54, 1.807) is 13.0 Å². The lowest BCUT2D eigenvalue weighted by Gasteiger charge is -2.15. The van der Waals surface area contributed by atoms with Crippen LogP contribution in [0.3, 0.4) is 0 Å². The van der Waals surface area contributed by atoms with Crippen molar-refractivity contribution >= 4 is 34.8 Å². The first-order valence-corrected chi connectivity index (χ1v) is 6.90. The Kier molecular flexibility index (Phi) is 4.76. The number of halogens is 4. The molecule has 2 nitrogen and oxygen atoms in total. The van der Waals surface area contributed by atoms with Crippen LogP contribution in [0.1, 0.15) is 18.5 Å². The first kappa shape index (κ1) is 15.4. The zero-order valence-electron chi connectivity index (χ0n) is 10.5. The Labute approximate surface area is 131 Å². The molecule has 0 amide bonds. The molecule has 0 bridgehead atoms. The van der Waals surface area contributed by atoms with E-state index in [1.165, 1.54) is 24.3 Å². The molecular formula is C14H11Cl3FNO. The molecule has 2 N–H and O–H groups in total. The molecular weight excluding hydrogens is 324 g/mol. The van der Waals surface area contributed by atoms with Crippen molar-refractivity contribution in [1.29, 1.82) is 0 Å². The third kappa shape index (κ3) is 3.18. The van der Waals surface area contributed by atoms with Gasteiger partial charge >= 0.3 is 0 Å². The molecule has 0 saturated carbocycles. The van der Waals surface area contributed by atoms with Gasteiger partial charge in [0.25, 0.3) is 0 Å². The summed E-state index contributed by atoms with van der Waals surface area (Å²) in [7, 11) is 0. The Morgan fingerprint density at radius 3 is 2.35 bits per heavy atom. The Bertz CT molecular complexity index is 647. The molecule has 0 saturated heterocycles. The minimum atomic E-state index is -0.521. The van der Waals surface area contributed by atoms with E-state index in [9.17, 15) is 4.39 Å². The molecule has 20 heavy (non-hydrogen) atoms. The number of nitrogens with two attached hydrogens (primary N) is 1. The van der Waals surface area contributed by atoms with E-state index in [1.807, 2.05) is 0 Å². The second kappa shape index (κ2) is 6.19. The average molecular weight is 335 g/mol. The van der Waals surface area contributed by atoms with Crippen molar-refractivity contribution in [2.75, 3.05) is 0 Å². The number of hydrogen-bond donors (Lipinski definition) is 1. The van der Waals surface area contributed by atoms with E-state index in [-0.39, 0.29) is 16.3 Å². The van der Waals surface area contributed by atoms with Crippen molar-refractivity contribution in [2.24, 2.45) is 5.73 Å². The SMILES string of the molecule is CC(N)c1c(F)cccc1Oc1cc(Cl)c(Cl)cc1Cl. The predicted octanol–water partition coefficient (Wildman–Crippen LogP) is 5.60. The molecule has 0 spiro atoms. The van der Waals surface area contributed by atoms with E-state index < -0.39 is 11.9 Å². The molecule has 0 radical (unpaired) electrons. The number of hydrogen-bond acceptors (Lipinski definition) is 2. The van der Waals surface area contributed by atoms with Crippen molar-refractivity contribution in [1.82, 2.24) is 0 Å². The summed E-state index contributed by atoms with van der Waals surface area (Å²) in [5, 5.41) is 0.889. The summed E-state index contributed by atoms with van der Waals surface area (Å²) in [6.45, 7) is 1.67. The molecule has 1 atom stereocenters.